The Bertz CT molecular complexity index is 850. The van der Waals surface area contributed by atoms with Crippen molar-refractivity contribution < 1.29 is 0 Å². The van der Waals surface area contributed by atoms with E-state index in [-0.39, 0.29) is 0 Å². The fraction of sp³-hybridized carbons (Fsp3) is 0.0909. The first-order valence-electron chi connectivity index (χ1n) is 7.72. The van der Waals surface area contributed by atoms with Crippen molar-refractivity contribution in [3.05, 3.63) is 94.5 Å². The second-order valence-electron chi connectivity index (χ2n) is 5.99. The van der Waals surface area contributed by atoms with Gasteiger partial charge in [0, 0.05) is 0 Å². The van der Waals surface area contributed by atoms with E-state index in [4.69, 9.17) is 0 Å². The molecule has 0 bridgehead atoms. The molecule has 3 aromatic rings. The monoisotopic (exact) mass is 282 g/mol. The molecule has 106 valence electrons. The first kappa shape index (κ1) is 13.1. The smallest absolute Gasteiger partial charge is 0.00930 e. The van der Waals surface area contributed by atoms with Crippen LogP contribution in [-0.2, 0) is 0 Å². The number of fused-ring (bicyclic) bond motifs is 3. The Balaban J connectivity index is 1.94. The molecule has 0 fully saturated rings. The van der Waals surface area contributed by atoms with E-state index in [1.165, 1.54) is 44.5 Å². The fourth-order valence-corrected chi connectivity index (χ4v) is 3.23. The number of benzene rings is 3. The molecule has 0 heteroatoms. The Labute approximate surface area is 131 Å². The van der Waals surface area contributed by atoms with Gasteiger partial charge in [0.05, 0.1) is 0 Å². The summed E-state index contributed by atoms with van der Waals surface area (Å²) in [5.41, 5.74) is 10.6. The lowest BCUT2D eigenvalue weighted by Crippen LogP contribution is -1.85. The number of rotatable bonds is 1. The van der Waals surface area contributed by atoms with Gasteiger partial charge in [0.1, 0.15) is 0 Å². The van der Waals surface area contributed by atoms with Crippen LogP contribution in [0.1, 0.15) is 27.8 Å². The van der Waals surface area contributed by atoms with Crippen LogP contribution in [0.5, 0.6) is 0 Å². The van der Waals surface area contributed by atoms with E-state index in [1.807, 2.05) is 0 Å². The molecule has 0 N–H and O–H groups in total. The fourth-order valence-electron chi connectivity index (χ4n) is 3.23. The highest BCUT2D eigenvalue weighted by molar-refractivity contribution is 6.06. The summed E-state index contributed by atoms with van der Waals surface area (Å²) in [6.07, 6.45) is 2.32. The summed E-state index contributed by atoms with van der Waals surface area (Å²) in [6, 6.07) is 24.1. The van der Waals surface area contributed by atoms with E-state index in [0.29, 0.717) is 0 Å². The van der Waals surface area contributed by atoms with Gasteiger partial charge in [-0.05, 0) is 64.4 Å². The molecule has 0 saturated carbocycles. The molecule has 0 radical (unpaired) electrons. The molecule has 1 aliphatic rings. The van der Waals surface area contributed by atoms with E-state index in [0.717, 1.165) is 0 Å². The third kappa shape index (κ3) is 2.00. The Morgan fingerprint density at radius 2 is 1.14 bits per heavy atom. The highest BCUT2D eigenvalue weighted by atomic mass is 14.2. The minimum absolute atomic E-state index is 1.27. The summed E-state index contributed by atoms with van der Waals surface area (Å²) in [7, 11) is 0. The minimum Gasteiger partial charge on any atom is -0.0616 e. The van der Waals surface area contributed by atoms with Gasteiger partial charge in [0.2, 0.25) is 0 Å². The van der Waals surface area contributed by atoms with Crippen LogP contribution in [0.4, 0.5) is 0 Å². The normalized spacial score (nSPS) is 12.0. The van der Waals surface area contributed by atoms with Gasteiger partial charge in [0.25, 0.3) is 0 Å². The van der Waals surface area contributed by atoms with Gasteiger partial charge in [0.15, 0.2) is 0 Å². The summed E-state index contributed by atoms with van der Waals surface area (Å²) in [6.45, 7) is 4.33. The van der Waals surface area contributed by atoms with Crippen LogP contribution in [0, 0.1) is 13.8 Å². The van der Waals surface area contributed by atoms with E-state index < -0.39 is 0 Å². The van der Waals surface area contributed by atoms with Crippen LogP contribution in [0.3, 0.4) is 0 Å². The SMILES string of the molecule is Cc1ccc(C=C2c3ccccc3-c3ccccc32)cc1C. The molecule has 0 unspecified atom stereocenters. The standard InChI is InChI=1S/C22H18/c1-15-11-12-17(13-16(15)2)14-22-20-9-5-3-7-18(20)19-8-4-6-10-21(19)22/h3-14H,1-2H3. The molecule has 0 amide bonds. The van der Waals surface area contributed by atoms with Gasteiger partial charge in [-0.1, -0.05) is 66.7 Å². The summed E-state index contributed by atoms with van der Waals surface area (Å²) >= 11 is 0. The van der Waals surface area contributed by atoms with Crippen LogP contribution in [0.15, 0.2) is 66.7 Å². The zero-order chi connectivity index (χ0) is 15.1. The van der Waals surface area contributed by atoms with Crippen molar-refractivity contribution in [3.63, 3.8) is 0 Å². The Kier molecular flexibility index (Phi) is 2.97. The van der Waals surface area contributed by atoms with Crippen LogP contribution in [0.25, 0.3) is 22.8 Å². The number of hydrogen-bond acceptors (Lipinski definition) is 0. The molecule has 22 heavy (non-hydrogen) atoms. The van der Waals surface area contributed by atoms with E-state index in [1.54, 1.807) is 0 Å². The topological polar surface area (TPSA) is 0 Å². The molecule has 0 saturated heterocycles. The highest BCUT2D eigenvalue weighted by Gasteiger charge is 2.22. The maximum atomic E-state index is 2.32. The lowest BCUT2D eigenvalue weighted by Gasteiger charge is -2.05. The lowest BCUT2D eigenvalue weighted by atomic mass is 9.99. The van der Waals surface area contributed by atoms with Gasteiger partial charge in [-0.3, -0.25) is 0 Å². The van der Waals surface area contributed by atoms with Crippen molar-refractivity contribution in [1.82, 2.24) is 0 Å². The van der Waals surface area contributed by atoms with Crippen molar-refractivity contribution in [2.75, 3.05) is 0 Å². The molecule has 0 aliphatic heterocycles. The molecule has 0 atom stereocenters. The average Bonchev–Trinajstić information content (AvgIpc) is 2.86. The van der Waals surface area contributed by atoms with Crippen molar-refractivity contribution in [2.24, 2.45) is 0 Å². The maximum Gasteiger partial charge on any atom is -0.00930 e. The molecule has 0 aromatic heterocycles. The quantitative estimate of drug-likeness (QED) is 0.409. The zero-order valence-electron chi connectivity index (χ0n) is 12.9. The summed E-state index contributed by atoms with van der Waals surface area (Å²) < 4.78 is 0. The van der Waals surface area contributed by atoms with Gasteiger partial charge >= 0.3 is 0 Å². The van der Waals surface area contributed by atoms with Gasteiger partial charge in [-0.25, -0.2) is 0 Å². The Hall–Kier alpha value is -2.60. The summed E-state index contributed by atoms with van der Waals surface area (Å²) in [5.74, 6) is 0. The maximum absolute atomic E-state index is 2.32. The van der Waals surface area contributed by atoms with Crippen molar-refractivity contribution in [1.29, 1.82) is 0 Å². The van der Waals surface area contributed by atoms with Crippen LogP contribution >= 0.6 is 0 Å². The van der Waals surface area contributed by atoms with Crippen LogP contribution < -0.4 is 0 Å². The number of hydrogen-bond donors (Lipinski definition) is 0. The first-order chi connectivity index (χ1) is 10.7. The second kappa shape index (κ2) is 4.99. The minimum atomic E-state index is 1.27. The lowest BCUT2D eigenvalue weighted by molar-refractivity contribution is 1.33. The highest BCUT2D eigenvalue weighted by Crippen LogP contribution is 2.44. The molecule has 4 rings (SSSR count). The molecule has 0 heterocycles. The predicted octanol–water partition coefficient (Wildman–Crippen LogP) is 5.87. The van der Waals surface area contributed by atoms with Gasteiger partial charge in [-0.2, -0.15) is 0 Å². The molecule has 1 aliphatic carbocycles. The predicted molar refractivity (Wildman–Crippen MR) is 94.8 cm³/mol. The van der Waals surface area contributed by atoms with Crippen molar-refractivity contribution >= 4 is 11.6 Å². The molecule has 0 nitrogen and oxygen atoms in total. The summed E-state index contributed by atoms with van der Waals surface area (Å²) in [5, 5.41) is 0. The zero-order valence-corrected chi connectivity index (χ0v) is 12.9. The van der Waals surface area contributed by atoms with Gasteiger partial charge < -0.3 is 0 Å². The van der Waals surface area contributed by atoms with Crippen molar-refractivity contribution in [3.8, 4) is 11.1 Å². The first-order valence-corrected chi connectivity index (χ1v) is 7.72. The summed E-state index contributed by atoms with van der Waals surface area (Å²) in [4.78, 5) is 0. The molecule has 0 spiro atoms. The van der Waals surface area contributed by atoms with Crippen LogP contribution in [-0.4, -0.2) is 0 Å². The van der Waals surface area contributed by atoms with Crippen molar-refractivity contribution in [2.45, 2.75) is 13.8 Å². The Morgan fingerprint density at radius 3 is 1.68 bits per heavy atom. The largest absolute Gasteiger partial charge is 0.0616 e. The molecular weight excluding hydrogens is 264 g/mol. The van der Waals surface area contributed by atoms with E-state index >= 15 is 0 Å². The van der Waals surface area contributed by atoms with Crippen LogP contribution in [0.2, 0.25) is 0 Å². The third-order valence-corrected chi connectivity index (χ3v) is 4.57. The van der Waals surface area contributed by atoms with E-state index in [9.17, 15) is 0 Å². The molecular formula is C22H18. The van der Waals surface area contributed by atoms with E-state index in [2.05, 4.69) is 86.7 Å². The second-order valence-corrected chi connectivity index (χ2v) is 5.99. The average molecular weight is 282 g/mol. The number of aryl methyl sites for hydroxylation is 2. The Morgan fingerprint density at radius 1 is 0.591 bits per heavy atom. The molecule has 3 aromatic carbocycles. The third-order valence-electron chi connectivity index (χ3n) is 4.57. The van der Waals surface area contributed by atoms with Gasteiger partial charge in [-0.15, -0.1) is 0 Å².